The monoisotopic (exact) mass is 342 g/mol. The van der Waals surface area contributed by atoms with Crippen molar-refractivity contribution < 1.29 is 19.4 Å². The van der Waals surface area contributed by atoms with Gasteiger partial charge in [0.05, 0.1) is 19.8 Å². The average molecular weight is 343 g/mol. The number of carbonyl (C=O) groups excluding carboxylic acids is 1. The average Bonchev–Trinajstić information content (AvgIpc) is 2.42. The zero-order chi connectivity index (χ0) is 15.0. The summed E-state index contributed by atoms with van der Waals surface area (Å²) in [5.74, 6) is 0.309. The largest absolute Gasteiger partial charge is 0.496 e. The Labute approximate surface area is 127 Å². The number of aliphatic hydroxyl groups is 1. The smallest absolute Gasteiger partial charge is 0.316 e. The van der Waals surface area contributed by atoms with Crippen molar-refractivity contribution >= 4 is 21.9 Å². The summed E-state index contributed by atoms with van der Waals surface area (Å²) in [6, 6.07) is 5.54. The first-order valence-electron chi connectivity index (χ1n) is 6.55. The highest BCUT2D eigenvalue weighted by molar-refractivity contribution is 9.10. The Morgan fingerprint density at radius 1 is 1.40 bits per heavy atom. The summed E-state index contributed by atoms with van der Waals surface area (Å²) in [7, 11) is 2.94. The zero-order valence-electron chi connectivity index (χ0n) is 11.9. The maximum absolute atomic E-state index is 12.3. The molecule has 0 saturated heterocycles. The van der Waals surface area contributed by atoms with Gasteiger partial charge in [-0.05, 0) is 37.5 Å². The lowest BCUT2D eigenvalue weighted by molar-refractivity contribution is -0.168. The van der Waals surface area contributed by atoms with E-state index >= 15 is 0 Å². The molecule has 0 unspecified atom stereocenters. The van der Waals surface area contributed by atoms with Crippen LogP contribution in [0.15, 0.2) is 22.7 Å². The van der Waals surface area contributed by atoms with Crippen molar-refractivity contribution in [3.05, 3.63) is 28.2 Å². The summed E-state index contributed by atoms with van der Waals surface area (Å²) in [5, 5.41) is 10.3. The van der Waals surface area contributed by atoms with E-state index in [4.69, 9.17) is 9.47 Å². The highest BCUT2D eigenvalue weighted by Gasteiger charge is 2.60. The van der Waals surface area contributed by atoms with Gasteiger partial charge in [0, 0.05) is 10.0 Å². The molecule has 1 N–H and O–H groups in total. The summed E-state index contributed by atoms with van der Waals surface area (Å²) >= 11 is 3.42. The van der Waals surface area contributed by atoms with Crippen molar-refractivity contribution in [3.8, 4) is 5.75 Å². The lowest BCUT2D eigenvalue weighted by atomic mass is 9.55. The molecule has 1 fully saturated rings. The number of ether oxygens (including phenoxy) is 2. The van der Waals surface area contributed by atoms with Crippen LogP contribution in [0, 0.1) is 0 Å². The van der Waals surface area contributed by atoms with Crippen molar-refractivity contribution in [1.29, 1.82) is 0 Å². The molecular formula is C15H19BrO4. The summed E-state index contributed by atoms with van der Waals surface area (Å²) in [6.45, 7) is 1.92. The molecule has 5 heteroatoms. The molecule has 1 saturated carbocycles. The van der Waals surface area contributed by atoms with Crippen LogP contribution >= 0.6 is 15.9 Å². The van der Waals surface area contributed by atoms with Crippen LogP contribution in [0.25, 0.3) is 0 Å². The molecule has 110 valence electrons. The second-order valence-corrected chi connectivity index (χ2v) is 6.27. The normalized spacial score (nSPS) is 28.6. The van der Waals surface area contributed by atoms with Crippen LogP contribution in [0.3, 0.4) is 0 Å². The number of rotatable bonds is 4. The van der Waals surface area contributed by atoms with Gasteiger partial charge in [0.1, 0.15) is 11.2 Å². The van der Waals surface area contributed by atoms with E-state index < -0.39 is 11.0 Å². The predicted molar refractivity (Wildman–Crippen MR) is 78.9 cm³/mol. The molecule has 4 nitrogen and oxygen atoms in total. The molecule has 0 aliphatic heterocycles. The van der Waals surface area contributed by atoms with Gasteiger partial charge < -0.3 is 14.6 Å². The molecule has 0 aromatic heterocycles. The Kier molecular flexibility index (Phi) is 4.12. The van der Waals surface area contributed by atoms with Gasteiger partial charge in [0.25, 0.3) is 0 Å². The van der Waals surface area contributed by atoms with E-state index in [1.54, 1.807) is 7.11 Å². The molecule has 0 atom stereocenters. The number of methoxy groups -OCH3 is 2. The zero-order valence-corrected chi connectivity index (χ0v) is 13.5. The molecule has 2 rings (SSSR count). The lowest BCUT2D eigenvalue weighted by Gasteiger charge is -2.51. The van der Waals surface area contributed by atoms with Gasteiger partial charge in [0.2, 0.25) is 0 Å². The minimum atomic E-state index is -0.825. The molecule has 1 aliphatic rings. The topological polar surface area (TPSA) is 55.8 Å². The second-order valence-electron chi connectivity index (χ2n) is 5.35. The van der Waals surface area contributed by atoms with Crippen molar-refractivity contribution in [2.75, 3.05) is 14.2 Å². The van der Waals surface area contributed by atoms with Crippen molar-refractivity contribution in [3.63, 3.8) is 0 Å². The van der Waals surface area contributed by atoms with Gasteiger partial charge >= 0.3 is 5.97 Å². The summed E-state index contributed by atoms with van der Waals surface area (Å²) < 4.78 is 11.2. The standard InChI is InChI=1S/C15H19BrO4/c1-4-14(18)8-15(9-14,13(17)20-3)11-7-10(16)5-6-12(11)19-2/h5-7,18H,4,8-9H2,1-3H3. The van der Waals surface area contributed by atoms with E-state index in [-0.39, 0.29) is 5.97 Å². The minimum Gasteiger partial charge on any atom is -0.496 e. The maximum atomic E-state index is 12.3. The first kappa shape index (κ1) is 15.3. The lowest BCUT2D eigenvalue weighted by Crippen LogP contribution is -2.59. The van der Waals surface area contributed by atoms with Crippen molar-refractivity contribution in [1.82, 2.24) is 0 Å². The van der Waals surface area contributed by atoms with Crippen LogP contribution in [0.2, 0.25) is 0 Å². The first-order chi connectivity index (χ1) is 9.40. The van der Waals surface area contributed by atoms with Crippen LogP contribution in [-0.4, -0.2) is 30.9 Å². The Morgan fingerprint density at radius 3 is 2.55 bits per heavy atom. The van der Waals surface area contributed by atoms with E-state index in [9.17, 15) is 9.90 Å². The Bertz CT molecular complexity index is 521. The maximum Gasteiger partial charge on any atom is 0.316 e. The second kappa shape index (κ2) is 5.37. The quantitative estimate of drug-likeness (QED) is 0.855. The molecule has 0 bridgehead atoms. The van der Waals surface area contributed by atoms with E-state index in [1.165, 1.54) is 7.11 Å². The van der Waals surface area contributed by atoms with Crippen molar-refractivity contribution in [2.45, 2.75) is 37.2 Å². The van der Waals surface area contributed by atoms with Crippen LogP contribution < -0.4 is 4.74 Å². The fourth-order valence-electron chi connectivity index (χ4n) is 3.02. The third kappa shape index (κ3) is 2.33. The van der Waals surface area contributed by atoms with Crippen LogP contribution in [0.5, 0.6) is 5.75 Å². The summed E-state index contributed by atoms with van der Waals surface area (Å²) in [4.78, 5) is 12.3. The number of hydrogen-bond acceptors (Lipinski definition) is 4. The predicted octanol–water partition coefficient (Wildman–Crippen LogP) is 2.80. The first-order valence-corrected chi connectivity index (χ1v) is 7.35. The molecule has 0 spiro atoms. The fourth-order valence-corrected chi connectivity index (χ4v) is 3.38. The van der Waals surface area contributed by atoms with Crippen LogP contribution in [0.1, 0.15) is 31.7 Å². The molecule has 0 radical (unpaired) electrons. The summed E-state index contributed by atoms with van der Waals surface area (Å²) in [6.07, 6.45) is 1.33. The summed E-state index contributed by atoms with van der Waals surface area (Å²) in [5.41, 5.74) is -0.866. The number of hydrogen-bond donors (Lipinski definition) is 1. The Balaban J connectivity index is 2.49. The van der Waals surface area contributed by atoms with E-state index in [2.05, 4.69) is 15.9 Å². The third-order valence-electron chi connectivity index (χ3n) is 4.17. The Hall–Kier alpha value is -1.07. The van der Waals surface area contributed by atoms with Crippen molar-refractivity contribution in [2.24, 2.45) is 0 Å². The molecule has 0 heterocycles. The fraction of sp³-hybridized carbons (Fsp3) is 0.533. The molecule has 0 amide bonds. The van der Waals surface area contributed by atoms with Gasteiger partial charge in [-0.2, -0.15) is 0 Å². The Morgan fingerprint density at radius 2 is 2.05 bits per heavy atom. The SMILES string of the molecule is CCC1(O)CC(C(=O)OC)(c2cc(Br)ccc2OC)C1. The molecule has 20 heavy (non-hydrogen) atoms. The van der Waals surface area contributed by atoms with Crippen LogP contribution in [-0.2, 0) is 14.9 Å². The molecule has 1 aliphatic carbocycles. The van der Waals surface area contributed by atoms with Gasteiger partial charge in [-0.3, -0.25) is 4.79 Å². The van der Waals surface area contributed by atoms with Gasteiger partial charge in [-0.25, -0.2) is 0 Å². The van der Waals surface area contributed by atoms with E-state index in [0.29, 0.717) is 25.0 Å². The van der Waals surface area contributed by atoms with Gasteiger partial charge in [0.15, 0.2) is 0 Å². The van der Waals surface area contributed by atoms with Gasteiger partial charge in [-0.15, -0.1) is 0 Å². The number of esters is 1. The highest BCUT2D eigenvalue weighted by atomic mass is 79.9. The minimum absolute atomic E-state index is 0.327. The van der Waals surface area contributed by atoms with E-state index in [0.717, 1.165) is 10.0 Å². The highest BCUT2D eigenvalue weighted by Crippen LogP contribution is 2.55. The number of carbonyl (C=O) groups is 1. The molecule has 1 aromatic carbocycles. The molecular weight excluding hydrogens is 324 g/mol. The molecule has 1 aromatic rings. The van der Waals surface area contributed by atoms with Crippen LogP contribution in [0.4, 0.5) is 0 Å². The van der Waals surface area contributed by atoms with Gasteiger partial charge in [-0.1, -0.05) is 22.9 Å². The van der Waals surface area contributed by atoms with E-state index in [1.807, 2.05) is 25.1 Å². The number of halogens is 1. The third-order valence-corrected chi connectivity index (χ3v) is 4.67. The number of benzene rings is 1.